The molecule has 4 nitrogen and oxygen atoms in total. The van der Waals surface area contributed by atoms with Crippen molar-refractivity contribution in [3.63, 3.8) is 0 Å². The minimum Gasteiger partial charge on any atom is -0.466 e. The Bertz CT molecular complexity index is 415. The molecule has 1 saturated heterocycles. The summed E-state index contributed by atoms with van der Waals surface area (Å²) in [4.78, 5) is 11.8. The van der Waals surface area contributed by atoms with Gasteiger partial charge < -0.3 is 14.2 Å². The second-order valence-electron chi connectivity index (χ2n) is 8.93. The van der Waals surface area contributed by atoms with E-state index in [9.17, 15) is 4.79 Å². The van der Waals surface area contributed by atoms with Gasteiger partial charge in [0.2, 0.25) is 0 Å². The zero-order chi connectivity index (χ0) is 22.2. The molecule has 1 rings (SSSR count). The van der Waals surface area contributed by atoms with E-state index in [-0.39, 0.29) is 12.3 Å². The van der Waals surface area contributed by atoms with E-state index in [1.165, 1.54) is 77.0 Å². The van der Waals surface area contributed by atoms with Gasteiger partial charge in [-0.2, -0.15) is 0 Å². The summed E-state index contributed by atoms with van der Waals surface area (Å²) in [6.07, 6.45) is 26.9. The molecule has 1 atom stereocenters. The lowest BCUT2D eigenvalue weighted by atomic mass is 10.1. The van der Waals surface area contributed by atoms with Crippen LogP contribution in [0, 0.1) is 0 Å². The third-order valence-electron chi connectivity index (χ3n) is 5.89. The van der Waals surface area contributed by atoms with Crippen LogP contribution in [0.3, 0.4) is 0 Å². The SMILES string of the molecule is CCCCCCCC/C=C\CCCCCCCC(=O)OCCCCOC1CCCCO1. The fraction of sp³-hybridized carbons (Fsp3) is 0.889. The zero-order valence-electron chi connectivity index (χ0n) is 20.4. The second kappa shape index (κ2) is 22.3. The van der Waals surface area contributed by atoms with E-state index < -0.39 is 0 Å². The molecule has 1 heterocycles. The van der Waals surface area contributed by atoms with E-state index in [1.807, 2.05) is 0 Å². The summed E-state index contributed by atoms with van der Waals surface area (Å²) in [6.45, 7) is 4.29. The molecule has 0 spiro atoms. The van der Waals surface area contributed by atoms with E-state index in [0.29, 0.717) is 19.6 Å². The van der Waals surface area contributed by atoms with E-state index in [1.54, 1.807) is 0 Å². The van der Waals surface area contributed by atoms with Crippen molar-refractivity contribution in [2.75, 3.05) is 19.8 Å². The number of carbonyl (C=O) groups is 1. The number of hydrogen-bond acceptors (Lipinski definition) is 4. The van der Waals surface area contributed by atoms with Crippen molar-refractivity contribution in [2.24, 2.45) is 0 Å². The summed E-state index contributed by atoms with van der Waals surface area (Å²) in [7, 11) is 0. The van der Waals surface area contributed by atoms with Crippen LogP contribution in [0.15, 0.2) is 12.2 Å². The summed E-state index contributed by atoms with van der Waals surface area (Å²) in [5, 5.41) is 0. The van der Waals surface area contributed by atoms with Crippen LogP contribution < -0.4 is 0 Å². The summed E-state index contributed by atoms with van der Waals surface area (Å²) < 4.78 is 16.5. The van der Waals surface area contributed by atoms with Crippen LogP contribution in [0.5, 0.6) is 0 Å². The Morgan fingerprint density at radius 2 is 1.45 bits per heavy atom. The standard InChI is InChI=1S/C27H50O4/c1-2-3-4-5-6-7-8-9-10-11-12-13-14-15-16-21-26(28)29-23-19-20-25-31-27-22-17-18-24-30-27/h9-10,27H,2-8,11-25H2,1H3/b10-9-. The van der Waals surface area contributed by atoms with Crippen LogP contribution in [0.2, 0.25) is 0 Å². The molecule has 1 aliphatic rings. The highest BCUT2D eigenvalue weighted by molar-refractivity contribution is 5.69. The number of rotatable bonds is 21. The molecule has 1 aliphatic heterocycles. The molecule has 182 valence electrons. The van der Waals surface area contributed by atoms with Gasteiger partial charge in [-0.3, -0.25) is 4.79 Å². The van der Waals surface area contributed by atoms with Crippen molar-refractivity contribution in [3.05, 3.63) is 12.2 Å². The van der Waals surface area contributed by atoms with Crippen molar-refractivity contribution in [3.8, 4) is 0 Å². The van der Waals surface area contributed by atoms with Crippen molar-refractivity contribution < 1.29 is 19.0 Å². The monoisotopic (exact) mass is 438 g/mol. The molecule has 4 heteroatoms. The fourth-order valence-electron chi connectivity index (χ4n) is 3.86. The third-order valence-corrected chi connectivity index (χ3v) is 5.89. The van der Waals surface area contributed by atoms with Crippen molar-refractivity contribution >= 4 is 5.97 Å². The van der Waals surface area contributed by atoms with E-state index >= 15 is 0 Å². The molecular formula is C27H50O4. The number of carbonyl (C=O) groups excluding carboxylic acids is 1. The van der Waals surface area contributed by atoms with Gasteiger partial charge in [0, 0.05) is 19.6 Å². The highest BCUT2D eigenvalue weighted by Crippen LogP contribution is 2.14. The maximum absolute atomic E-state index is 11.8. The van der Waals surface area contributed by atoms with Gasteiger partial charge in [0.15, 0.2) is 6.29 Å². The number of ether oxygens (including phenoxy) is 3. The average Bonchev–Trinajstić information content (AvgIpc) is 2.79. The average molecular weight is 439 g/mol. The highest BCUT2D eigenvalue weighted by atomic mass is 16.7. The van der Waals surface area contributed by atoms with Gasteiger partial charge in [-0.25, -0.2) is 0 Å². The maximum atomic E-state index is 11.8. The first kappa shape index (κ1) is 28.2. The van der Waals surface area contributed by atoms with Crippen LogP contribution in [0.1, 0.15) is 129 Å². The Morgan fingerprint density at radius 1 is 0.806 bits per heavy atom. The minimum absolute atomic E-state index is 0.0163. The lowest BCUT2D eigenvalue weighted by molar-refractivity contribution is -0.163. The molecule has 0 aromatic rings. The number of hydrogen-bond donors (Lipinski definition) is 0. The van der Waals surface area contributed by atoms with Gasteiger partial charge in [-0.1, -0.05) is 70.4 Å². The molecule has 0 aromatic heterocycles. The first-order valence-corrected chi connectivity index (χ1v) is 13.4. The van der Waals surface area contributed by atoms with Crippen molar-refractivity contribution in [2.45, 2.75) is 135 Å². The topological polar surface area (TPSA) is 44.8 Å². The summed E-state index contributed by atoms with van der Waals surface area (Å²) in [5.41, 5.74) is 0. The Morgan fingerprint density at radius 3 is 2.13 bits per heavy atom. The molecule has 0 saturated carbocycles. The van der Waals surface area contributed by atoms with Crippen LogP contribution in [-0.2, 0) is 19.0 Å². The van der Waals surface area contributed by atoms with Gasteiger partial charge in [0.05, 0.1) is 6.61 Å². The minimum atomic E-state index is -0.0471. The van der Waals surface area contributed by atoms with Crippen molar-refractivity contribution in [1.82, 2.24) is 0 Å². The fourth-order valence-corrected chi connectivity index (χ4v) is 3.86. The number of unbranched alkanes of at least 4 members (excludes halogenated alkanes) is 12. The quantitative estimate of drug-likeness (QED) is 0.104. The summed E-state index contributed by atoms with van der Waals surface area (Å²) in [5.74, 6) is -0.0471. The van der Waals surface area contributed by atoms with Crippen LogP contribution in [0.25, 0.3) is 0 Å². The molecule has 1 fully saturated rings. The Kier molecular flexibility index (Phi) is 20.3. The highest BCUT2D eigenvalue weighted by Gasteiger charge is 2.13. The molecule has 0 aromatic carbocycles. The van der Waals surface area contributed by atoms with E-state index in [4.69, 9.17) is 14.2 Å². The predicted molar refractivity (Wildman–Crippen MR) is 129 cm³/mol. The molecule has 0 radical (unpaired) electrons. The Balaban J connectivity index is 1.74. The molecule has 31 heavy (non-hydrogen) atoms. The molecule has 0 aliphatic carbocycles. The largest absolute Gasteiger partial charge is 0.466 e. The van der Waals surface area contributed by atoms with Crippen LogP contribution >= 0.6 is 0 Å². The molecule has 0 N–H and O–H groups in total. The Hall–Kier alpha value is -0.870. The van der Waals surface area contributed by atoms with Gasteiger partial charge in [0.25, 0.3) is 0 Å². The van der Waals surface area contributed by atoms with Gasteiger partial charge >= 0.3 is 5.97 Å². The Labute approximate surface area is 192 Å². The molecule has 0 bridgehead atoms. The van der Waals surface area contributed by atoms with Gasteiger partial charge in [-0.15, -0.1) is 0 Å². The maximum Gasteiger partial charge on any atom is 0.305 e. The normalized spacial score (nSPS) is 16.7. The summed E-state index contributed by atoms with van der Waals surface area (Å²) in [6, 6.07) is 0. The van der Waals surface area contributed by atoms with Gasteiger partial charge in [-0.05, 0) is 64.2 Å². The van der Waals surface area contributed by atoms with E-state index in [2.05, 4.69) is 19.1 Å². The van der Waals surface area contributed by atoms with Crippen LogP contribution in [0.4, 0.5) is 0 Å². The summed E-state index contributed by atoms with van der Waals surface area (Å²) >= 11 is 0. The first-order chi connectivity index (χ1) is 15.3. The molecular weight excluding hydrogens is 388 g/mol. The van der Waals surface area contributed by atoms with Crippen LogP contribution in [-0.4, -0.2) is 32.1 Å². The number of esters is 1. The predicted octanol–water partition coefficient (Wildman–Crippen LogP) is 7.89. The lowest BCUT2D eigenvalue weighted by Crippen LogP contribution is -2.22. The first-order valence-electron chi connectivity index (χ1n) is 13.4. The van der Waals surface area contributed by atoms with E-state index in [0.717, 1.165) is 45.1 Å². The smallest absolute Gasteiger partial charge is 0.305 e. The molecule has 0 amide bonds. The zero-order valence-corrected chi connectivity index (χ0v) is 20.4. The third kappa shape index (κ3) is 19.5. The lowest BCUT2D eigenvalue weighted by Gasteiger charge is -2.22. The van der Waals surface area contributed by atoms with Gasteiger partial charge in [0.1, 0.15) is 0 Å². The van der Waals surface area contributed by atoms with Crippen molar-refractivity contribution in [1.29, 1.82) is 0 Å². The number of allylic oxidation sites excluding steroid dienone is 2. The second-order valence-corrected chi connectivity index (χ2v) is 8.93. The molecule has 1 unspecified atom stereocenters.